The quantitative estimate of drug-likeness (QED) is 0.437. The number of urea groups is 1. The number of aryl methyl sites for hydroxylation is 3. The lowest BCUT2D eigenvalue weighted by molar-refractivity contribution is -0.119. The van der Waals surface area contributed by atoms with Gasteiger partial charge < -0.3 is 5.73 Å². The third kappa shape index (κ3) is 4.67. The minimum Gasteiger partial charge on any atom is -0.351 e. The zero-order valence-corrected chi connectivity index (χ0v) is 18.9. The molecule has 1 aliphatic rings. The van der Waals surface area contributed by atoms with E-state index in [2.05, 4.69) is 5.32 Å². The first-order valence-corrected chi connectivity index (χ1v) is 12.0. The molecule has 0 saturated carbocycles. The third-order valence-electron chi connectivity index (χ3n) is 5.40. The Balaban J connectivity index is 1.74. The number of nitrogens with two attached hydrogens (primary N) is 1. The van der Waals surface area contributed by atoms with Crippen LogP contribution in [0.1, 0.15) is 35.8 Å². The predicted octanol–water partition coefficient (Wildman–Crippen LogP) is 3.26. The first-order valence-electron chi connectivity index (χ1n) is 10.3. The van der Waals surface area contributed by atoms with E-state index >= 15 is 0 Å². The lowest BCUT2D eigenvalue weighted by Crippen LogP contribution is -2.39. The number of aromatic nitrogens is 2. The number of primary amides is 1. The number of benzene rings is 1. The van der Waals surface area contributed by atoms with Crippen LogP contribution in [0.25, 0.3) is 10.2 Å². The van der Waals surface area contributed by atoms with Crippen molar-refractivity contribution in [1.82, 2.24) is 14.9 Å². The Morgan fingerprint density at radius 2 is 2.00 bits per heavy atom. The van der Waals surface area contributed by atoms with Crippen LogP contribution in [0.4, 0.5) is 4.79 Å². The van der Waals surface area contributed by atoms with E-state index in [9.17, 15) is 14.4 Å². The van der Waals surface area contributed by atoms with Crippen LogP contribution < -0.4 is 16.6 Å². The van der Waals surface area contributed by atoms with Gasteiger partial charge in [-0.05, 0) is 50.2 Å². The van der Waals surface area contributed by atoms with E-state index in [1.807, 2.05) is 30.3 Å². The number of thiophene rings is 1. The molecule has 162 valence electrons. The number of thioether (sulfide) groups is 1. The highest BCUT2D eigenvalue weighted by Gasteiger charge is 2.24. The van der Waals surface area contributed by atoms with Gasteiger partial charge in [0.1, 0.15) is 4.83 Å². The maximum absolute atomic E-state index is 13.6. The van der Waals surface area contributed by atoms with E-state index in [4.69, 9.17) is 10.7 Å². The Morgan fingerprint density at radius 1 is 1.26 bits per heavy atom. The summed E-state index contributed by atoms with van der Waals surface area (Å²) in [6.45, 7) is 2.13. The second kappa shape index (κ2) is 9.23. The average molecular weight is 457 g/mol. The molecule has 0 radical (unpaired) electrons. The fourth-order valence-corrected chi connectivity index (χ4v) is 6.06. The third-order valence-corrected chi connectivity index (χ3v) is 7.68. The van der Waals surface area contributed by atoms with Crippen LogP contribution in [0.3, 0.4) is 0 Å². The van der Waals surface area contributed by atoms with Gasteiger partial charge in [-0.25, -0.2) is 9.78 Å². The van der Waals surface area contributed by atoms with Gasteiger partial charge in [0.25, 0.3) is 5.56 Å². The van der Waals surface area contributed by atoms with E-state index in [0.717, 1.165) is 47.0 Å². The van der Waals surface area contributed by atoms with E-state index in [1.165, 1.54) is 16.6 Å². The highest BCUT2D eigenvalue weighted by molar-refractivity contribution is 8.00. The fraction of sp³-hybridized carbons (Fsp3) is 0.364. The van der Waals surface area contributed by atoms with Crippen molar-refractivity contribution in [2.24, 2.45) is 5.73 Å². The number of rotatable bonds is 6. The van der Waals surface area contributed by atoms with Gasteiger partial charge in [0.2, 0.25) is 5.91 Å². The van der Waals surface area contributed by atoms with Crippen molar-refractivity contribution in [3.8, 4) is 0 Å². The number of hydrogen-bond donors (Lipinski definition) is 2. The summed E-state index contributed by atoms with van der Waals surface area (Å²) in [7, 11) is 0. The molecule has 2 heterocycles. The number of nitrogens with one attached hydrogen (secondary N) is 1. The fourth-order valence-electron chi connectivity index (χ4n) is 3.83. The van der Waals surface area contributed by atoms with Crippen LogP contribution in [0.15, 0.2) is 40.3 Å². The van der Waals surface area contributed by atoms with Gasteiger partial charge in [-0.15, -0.1) is 11.3 Å². The molecule has 0 bridgehead atoms. The second-order valence-electron chi connectivity index (χ2n) is 7.59. The van der Waals surface area contributed by atoms with Gasteiger partial charge in [0, 0.05) is 11.4 Å². The minimum atomic E-state index is -0.895. The summed E-state index contributed by atoms with van der Waals surface area (Å²) in [4.78, 5) is 43.6. The second-order valence-corrected chi connectivity index (χ2v) is 9.98. The highest BCUT2D eigenvalue weighted by Crippen LogP contribution is 2.35. The Labute approximate surface area is 188 Å². The van der Waals surface area contributed by atoms with Crippen molar-refractivity contribution in [2.75, 3.05) is 0 Å². The van der Waals surface area contributed by atoms with Gasteiger partial charge in [0.15, 0.2) is 5.16 Å². The minimum absolute atomic E-state index is 0.0506. The number of carbonyl (C=O) groups excluding carboxylic acids is 2. The SMILES string of the molecule is C[C@@H](Sc1nc2sc3c(c2c(=O)n1CCc1ccccc1)CCCC3)C(=O)NC(N)=O. The van der Waals surface area contributed by atoms with Crippen LogP contribution in [-0.2, 0) is 30.6 Å². The highest BCUT2D eigenvalue weighted by atomic mass is 32.2. The zero-order chi connectivity index (χ0) is 22.0. The number of amides is 3. The van der Waals surface area contributed by atoms with E-state index in [1.54, 1.807) is 22.8 Å². The molecule has 0 saturated heterocycles. The van der Waals surface area contributed by atoms with Crippen LogP contribution >= 0.6 is 23.1 Å². The molecule has 7 nitrogen and oxygen atoms in total. The van der Waals surface area contributed by atoms with E-state index in [-0.39, 0.29) is 5.56 Å². The predicted molar refractivity (Wildman–Crippen MR) is 124 cm³/mol. The Hall–Kier alpha value is -2.65. The van der Waals surface area contributed by atoms with Crippen molar-refractivity contribution in [3.63, 3.8) is 0 Å². The average Bonchev–Trinajstić information content (AvgIpc) is 3.12. The van der Waals surface area contributed by atoms with Gasteiger partial charge >= 0.3 is 6.03 Å². The molecule has 0 aliphatic heterocycles. The van der Waals surface area contributed by atoms with Crippen LogP contribution in [-0.4, -0.2) is 26.7 Å². The molecule has 1 atom stereocenters. The van der Waals surface area contributed by atoms with Crippen molar-refractivity contribution in [1.29, 1.82) is 0 Å². The monoisotopic (exact) mass is 456 g/mol. The molecule has 0 unspecified atom stereocenters. The molecule has 3 aromatic rings. The Morgan fingerprint density at radius 3 is 2.74 bits per heavy atom. The lowest BCUT2D eigenvalue weighted by atomic mass is 9.97. The molecule has 1 aromatic carbocycles. The normalized spacial score (nSPS) is 14.2. The molecule has 3 N–H and O–H groups in total. The molecule has 31 heavy (non-hydrogen) atoms. The topological polar surface area (TPSA) is 107 Å². The first kappa shape index (κ1) is 21.6. The summed E-state index contributed by atoms with van der Waals surface area (Å²) >= 11 is 2.75. The number of nitrogens with zero attached hydrogens (tertiary/aromatic N) is 2. The van der Waals surface area contributed by atoms with E-state index < -0.39 is 17.2 Å². The van der Waals surface area contributed by atoms with Crippen molar-refractivity contribution < 1.29 is 9.59 Å². The molecule has 4 rings (SSSR count). The summed E-state index contributed by atoms with van der Waals surface area (Å²) in [5.41, 5.74) is 7.29. The number of hydrogen-bond acceptors (Lipinski definition) is 6. The molecule has 2 aromatic heterocycles. The summed E-state index contributed by atoms with van der Waals surface area (Å²) in [6, 6.07) is 9.06. The molecule has 3 amide bonds. The molecule has 1 aliphatic carbocycles. The largest absolute Gasteiger partial charge is 0.351 e. The summed E-state index contributed by atoms with van der Waals surface area (Å²) in [6.07, 6.45) is 4.79. The van der Waals surface area contributed by atoms with Crippen molar-refractivity contribution >= 4 is 45.3 Å². The summed E-state index contributed by atoms with van der Waals surface area (Å²) in [5, 5.41) is 2.68. The van der Waals surface area contributed by atoms with Crippen LogP contribution in [0.2, 0.25) is 0 Å². The Bertz CT molecular complexity index is 1190. The molecule has 9 heteroatoms. The van der Waals surface area contributed by atoms with Gasteiger partial charge in [-0.2, -0.15) is 0 Å². The maximum atomic E-state index is 13.6. The first-order chi connectivity index (χ1) is 14.9. The molecular formula is C22H24N4O3S2. The zero-order valence-electron chi connectivity index (χ0n) is 17.2. The van der Waals surface area contributed by atoms with Gasteiger partial charge in [0.05, 0.1) is 10.6 Å². The van der Waals surface area contributed by atoms with Gasteiger partial charge in [-0.1, -0.05) is 42.1 Å². The summed E-state index contributed by atoms with van der Waals surface area (Å²) in [5.74, 6) is -0.507. The Kier molecular flexibility index (Phi) is 6.43. The lowest BCUT2D eigenvalue weighted by Gasteiger charge is -2.16. The molecule has 0 fully saturated rings. The number of imide groups is 1. The maximum Gasteiger partial charge on any atom is 0.318 e. The summed E-state index contributed by atoms with van der Waals surface area (Å²) < 4.78 is 1.68. The van der Waals surface area contributed by atoms with Crippen molar-refractivity contribution in [2.45, 2.75) is 56.0 Å². The van der Waals surface area contributed by atoms with Gasteiger partial charge in [-0.3, -0.25) is 19.5 Å². The molecular weight excluding hydrogens is 432 g/mol. The van der Waals surface area contributed by atoms with Crippen LogP contribution in [0, 0.1) is 0 Å². The van der Waals surface area contributed by atoms with Crippen molar-refractivity contribution in [3.05, 3.63) is 56.7 Å². The van der Waals surface area contributed by atoms with E-state index in [0.29, 0.717) is 18.1 Å². The van der Waals surface area contributed by atoms with Crippen LogP contribution in [0.5, 0.6) is 0 Å². The standard InChI is InChI=1S/C22H24N4O3S2/c1-13(18(27)24-21(23)29)30-22-25-19-17(15-9-5-6-10-16(15)31-19)20(28)26(22)12-11-14-7-3-2-4-8-14/h2-4,7-8,13H,5-6,9-12H2,1H3,(H3,23,24,27,29)/t13-/m1/s1. The number of carbonyl (C=O) groups is 2. The molecule has 0 spiro atoms. The number of fused-ring (bicyclic) bond motifs is 3. The smallest absolute Gasteiger partial charge is 0.318 e.